The Balaban J connectivity index is 2.72. The van der Waals surface area contributed by atoms with Gasteiger partial charge in [-0.3, -0.25) is 4.79 Å². The molecule has 1 fully saturated rings. The van der Waals surface area contributed by atoms with Gasteiger partial charge in [0.25, 0.3) is 0 Å². The van der Waals surface area contributed by atoms with Gasteiger partial charge >= 0.3 is 0 Å². The Hall–Kier alpha value is -1.08. The number of nitrogens with one attached hydrogen (secondary N) is 1. The second-order valence-corrected chi connectivity index (χ2v) is 4.07. The van der Waals surface area contributed by atoms with Crippen LogP contribution in [0.4, 0.5) is 0 Å². The maximum atomic E-state index is 11.8. The van der Waals surface area contributed by atoms with Crippen molar-refractivity contribution in [3.05, 3.63) is 0 Å². The quantitative estimate of drug-likeness (QED) is 0.698. The smallest absolute Gasteiger partial charge is 0.241 e. The minimum Gasteiger partial charge on any atom is -0.337 e. The predicted molar refractivity (Wildman–Crippen MR) is 53.5 cm³/mol. The minimum absolute atomic E-state index is 0.0552. The maximum absolute atomic E-state index is 11.8. The van der Waals surface area contributed by atoms with Gasteiger partial charge in [0, 0.05) is 18.6 Å². The zero-order chi connectivity index (χ0) is 10.7. The van der Waals surface area contributed by atoms with Crippen LogP contribution in [0.3, 0.4) is 0 Å². The van der Waals surface area contributed by atoms with E-state index in [1.807, 2.05) is 31.7 Å². The van der Waals surface area contributed by atoms with Gasteiger partial charge in [-0.2, -0.15) is 5.26 Å². The normalized spacial score (nSPS) is 27.9. The molecule has 0 aromatic carbocycles. The van der Waals surface area contributed by atoms with Crippen LogP contribution < -0.4 is 5.32 Å². The summed E-state index contributed by atoms with van der Waals surface area (Å²) in [6, 6.07) is 2.21. The highest BCUT2D eigenvalue weighted by Gasteiger charge is 2.32. The number of piperazine rings is 1. The van der Waals surface area contributed by atoms with Gasteiger partial charge in [0.05, 0.1) is 12.5 Å². The second-order valence-electron chi connectivity index (χ2n) is 4.07. The number of hydrogen-bond donors (Lipinski definition) is 1. The molecule has 4 heteroatoms. The zero-order valence-electron chi connectivity index (χ0n) is 8.95. The van der Waals surface area contributed by atoms with E-state index in [4.69, 9.17) is 5.26 Å². The first-order valence-electron chi connectivity index (χ1n) is 4.99. The number of hydrogen-bond acceptors (Lipinski definition) is 3. The van der Waals surface area contributed by atoms with Gasteiger partial charge in [0.1, 0.15) is 6.04 Å². The van der Waals surface area contributed by atoms with Gasteiger partial charge in [0.15, 0.2) is 0 Å². The van der Waals surface area contributed by atoms with Gasteiger partial charge in [-0.15, -0.1) is 0 Å². The Morgan fingerprint density at radius 1 is 1.71 bits per heavy atom. The first kappa shape index (κ1) is 11.0. The van der Waals surface area contributed by atoms with E-state index in [0.717, 1.165) is 6.54 Å². The second kappa shape index (κ2) is 4.43. The molecule has 1 aliphatic heterocycles. The Bertz CT molecular complexity index is 257. The fourth-order valence-corrected chi connectivity index (χ4v) is 1.76. The molecule has 1 saturated heterocycles. The molecule has 2 unspecified atom stereocenters. The molecule has 4 nitrogen and oxygen atoms in total. The van der Waals surface area contributed by atoms with Crippen molar-refractivity contribution in [1.29, 1.82) is 5.26 Å². The SMILES string of the molecule is CC1CN(C(C)C)C(=O)C(CC#N)N1. The van der Waals surface area contributed by atoms with E-state index >= 15 is 0 Å². The van der Waals surface area contributed by atoms with Gasteiger partial charge < -0.3 is 10.2 Å². The number of carbonyl (C=O) groups excluding carboxylic acids is 1. The fraction of sp³-hybridized carbons (Fsp3) is 0.800. The van der Waals surface area contributed by atoms with Crippen molar-refractivity contribution in [2.45, 2.75) is 45.3 Å². The number of amides is 1. The lowest BCUT2D eigenvalue weighted by molar-refractivity contribution is -0.138. The Morgan fingerprint density at radius 3 is 2.86 bits per heavy atom. The van der Waals surface area contributed by atoms with Crippen LogP contribution >= 0.6 is 0 Å². The summed E-state index contributed by atoms with van der Waals surface area (Å²) in [6.45, 7) is 6.77. The molecule has 0 aliphatic carbocycles. The summed E-state index contributed by atoms with van der Waals surface area (Å²) in [6.07, 6.45) is 0.256. The Labute approximate surface area is 84.9 Å². The van der Waals surface area contributed by atoms with Crippen molar-refractivity contribution in [2.24, 2.45) is 0 Å². The summed E-state index contributed by atoms with van der Waals surface area (Å²) in [5, 5.41) is 11.7. The van der Waals surface area contributed by atoms with Crippen LogP contribution in [-0.4, -0.2) is 35.5 Å². The molecule has 0 saturated carbocycles. The first-order valence-corrected chi connectivity index (χ1v) is 4.99. The van der Waals surface area contributed by atoms with Crippen LogP contribution in [0, 0.1) is 11.3 Å². The van der Waals surface area contributed by atoms with Gasteiger partial charge in [-0.1, -0.05) is 0 Å². The third kappa shape index (κ3) is 2.24. The lowest BCUT2D eigenvalue weighted by atomic mass is 10.1. The van der Waals surface area contributed by atoms with E-state index in [-0.39, 0.29) is 30.5 Å². The molecule has 1 amide bonds. The topological polar surface area (TPSA) is 56.1 Å². The van der Waals surface area contributed by atoms with Crippen LogP contribution in [0.25, 0.3) is 0 Å². The molecule has 1 N–H and O–H groups in total. The summed E-state index contributed by atoms with van der Waals surface area (Å²) in [4.78, 5) is 13.7. The molecule has 1 aliphatic rings. The molecule has 1 rings (SSSR count). The monoisotopic (exact) mass is 195 g/mol. The predicted octanol–water partition coefficient (Wildman–Crippen LogP) is 0.497. The average molecular weight is 195 g/mol. The van der Waals surface area contributed by atoms with Crippen LogP contribution in [0.2, 0.25) is 0 Å². The fourth-order valence-electron chi connectivity index (χ4n) is 1.76. The van der Waals surface area contributed by atoms with E-state index in [0.29, 0.717) is 0 Å². The van der Waals surface area contributed by atoms with Crippen molar-refractivity contribution in [3.8, 4) is 6.07 Å². The van der Waals surface area contributed by atoms with E-state index in [1.165, 1.54) is 0 Å². The van der Waals surface area contributed by atoms with E-state index in [2.05, 4.69) is 5.32 Å². The molecule has 14 heavy (non-hydrogen) atoms. The highest BCUT2D eigenvalue weighted by molar-refractivity contribution is 5.83. The van der Waals surface area contributed by atoms with Crippen LogP contribution in [0.5, 0.6) is 0 Å². The van der Waals surface area contributed by atoms with Crippen molar-refractivity contribution in [2.75, 3.05) is 6.54 Å². The molecule has 0 spiro atoms. The molecule has 78 valence electrons. The first-order chi connectivity index (χ1) is 6.56. The third-order valence-corrected chi connectivity index (χ3v) is 2.46. The van der Waals surface area contributed by atoms with E-state index < -0.39 is 0 Å². The average Bonchev–Trinajstić information content (AvgIpc) is 2.10. The Kier molecular flexibility index (Phi) is 3.48. The van der Waals surface area contributed by atoms with Crippen molar-refractivity contribution < 1.29 is 4.79 Å². The highest BCUT2D eigenvalue weighted by Crippen LogP contribution is 2.11. The van der Waals surface area contributed by atoms with Crippen molar-refractivity contribution in [1.82, 2.24) is 10.2 Å². The van der Waals surface area contributed by atoms with Gasteiger partial charge in [-0.05, 0) is 20.8 Å². The molecular formula is C10H17N3O. The highest BCUT2D eigenvalue weighted by atomic mass is 16.2. The lowest BCUT2D eigenvalue weighted by Gasteiger charge is -2.38. The molecule has 2 atom stereocenters. The largest absolute Gasteiger partial charge is 0.337 e. The third-order valence-electron chi connectivity index (χ3n) is 2.46. The molecular weight excluding hydrogens is 178 g/mol. The summed E-state index contributed by atoms with van der Waals surface area (Å²) < 4.78 is 0. The Morgan fingerprint density at radius 2 is 2.36 bits per heavy atom. The van der Waals surface area contributed by atoms with E-state index in [9.17, 15) is 4.79 Å². The van der Waals surface area contributed by atoms with Crippen molar-refractivity contribution in [3.63, 3.8) is 0 Å². The summed E-state index contributed by atoms with van der Waals surface area (Å²) >= 11 is 0. The van der Waals surface area contributed by atoms with Gasteiger partial charge in [-0.25, -0.2) is 0 Å². The molecule has 0 bridgehead atoms. The summed E-state index contributed by atoms with van der Waals surface area (Å²) in [5.74, 6) is 0.0552. The summed E-state index contributed by atoms with van der Waals surface area (Å²) in [5.41, 5.74) is 0. The van der Waals surface area contributed by atoms with Crippen molar-refractivity contribution >= 4 is 5.91 Å². The number of nitriles is 1. The van der Waals surface area contributed by atoms with E-state index in [1.54, 1.807) is 0 Å². The van der Waals surface area contributed by atoms with Crippen LogP contribution in [0.15, 0.2) is 0 Å². The molecule has 0 radical (unpaired) electrons. The number of rotatable bonds is 2. The van der Waals surface area contributed by atoms with Crippen LogP contribution in [-0.2, 0) is 4.79 Å². The minimum atomic E-state index is -0.314. The number of nitrogens with zero attached hydrogens (tertiary/aromatic N) is 2. The zero-order valence-corrected chi connectivity index (χ0v) is 8.95. The standard InChI is InChI=1S/C10H17N3O/c1-7(2)13-6-8(3)12-9(4-5-11)10(13)14/h7-9,12H,4,6H2,1-3H3. The summed E-state index contributed by atoms with van der Waals surface area (Å²) in [7, 11) is 0. The lowest BCUT2D eigenvalue weighted by Crippen LogP contribution is -2.60. The molecule has 1 heterocycles. The van der Waals surface area contributed by atoms with Crippen LogP contribution in [0.1, 0.15) is 27.2 Å². The number of carbonyl (C=O) groups is 1. The maximum Gasteiger partial charge on any atom is 0.241 e. The molecule has 0 aromatic heterocycles. The van der Waals surface area contributed by atoms with Gasteiger partial charge in [0.2, 0.25) is 5.91 Å². The molecule has 0 aromatic rings.